The van der Waals surface area contributed by atoms with E-state index in [9.17, 15) is 0 Å². The minimum atomic E-state index is 0.875. The molecule has 4 heteroatoms. The van der Waals surface area contributed by atoms with Crippen LogP contribution in [0.3, 0.4) is 0 Å². The molecule has 0 saturated heterocycles. The lowest BCUT2D eigenvalue weighted by atomic mass is 10.0. The van der Waals surface area contributed by atoms with E-state index in [1.165, 1.54) is 32.6 Å². The third-order valence-corrected chi connectivity index (χ3v) is 9.72. The Morgan fingerprint density at radius 1 is 0.435 bits per heavy atom. The maximum Gasteiger partial charge on any atom is 0.159 e. The minimum absolute atomic E-state index is 0.875. The second-order valence-corrected chi connectivity index (χ2v) is 12.1. The first kappa shape index (κ1) is 24.1. The molecular weight excluding hydrogens is 564 g/mol. The number of furan rings is 1. The Morgan fingerprint density at radius 2 is 1.11 bits per heavy atom. The molecule has 11 rings (SSSR count). The Hall–Kier alpha value is -6.26. The van der Waals surface area contributed by atoms with Gasteiger partial charge in [-0.3, -0.25) is 0 Å². The second kappa shape index (κ2) is 8.68. The quantitative estimate of drug-likeness (QED) is 0.201. The maximum absolute atomic E-state index is 6.73. The van der Waals surface area contributed by atoms with Crippen molar-refractivity contribution in [2.75, 3.05) is 0 Å². The van der Waals surface area contributed by atoms with Crippen LogP contribution < -0.4 is 4.74 Å². The molecule has 0 N–H and O–H groups in total. The third-order valence-electron chi connectivity index (χ3n) is 9.72. The SMILES string of the molecule is c1cc(-c2ccc(-n3c4ccccc4c4ccc5oc6ccccc6c5c43)cc2)c2c(c1)-n1c3ccccc3c3cccc(c31)O2. The molecular formula is C42H24N2O2. The van der Waals surface area contributed by atoms with Gasteiger partial charge in [0.2, 0.25) is 0 Å². The largest absolute Gasteiger partial charge is 0.456 e. The molecule has 0 fully saturated rings. The summed E-state index contributed by atoms with van der Waals surface area (Å²) in [5.41, 5.74) is 10.8. The fourth-order valence-electron chi connectivity index (χ4n) is 7.79. The second-order valence-electron chi connectivity index (χ2n) is 12.1. The van der Waals surface area contributed by atoms with Crippen molar-refractivity contribution in [2.24, 2.45) is 0 Å². The lowest BCUT2D eigenvalue weighted by Gasteiger charge is -2.23. The van der Waals surface area contributed by atoms with Crippen molar-refractivity contribution in [3.8, 4) is 34.0 Å². The summed E-state index contributed by atoms with van der Waals surface area (Å²) in [6.07, 6.45) is 0. The van der Waals surface area contributed by atoms with Gasteiger partial charge in [0.15, 0.2) is 11.5 Å². The van der Waals surface area contributed by atoms with Crippen LogP contribution in [0.5, 0.6) is 11.5 Å². The van der Waals surface area contributed by atoms with Crippen molar-refractivity contribution in [3.63, 3.8) is 0 Å². The Labute approximate surface area is 262 Å². The summed E-state index contributed by atoms with van der Waals surface area (Å²) in [4.78, 5) is 0. The highest BCUT2D eigenvalue weighted by Crippen LogP contribution is 2.49. The lowest BCUT2D eigenvalue weighted by Crippen LogP contribution is -2.05. The topological polar surface area (TPSA) is 32.2 Å². The van der Waals surface area contributed by atoms with E-state index in [0.29, 0.717) is 0 Å². The Balaban J connectivity index is 1.13. The fourth-order valence-corrected chi connectivity index (χ4v) is 7.79. The summed E-state index contributed by atoms with van der Waals surface area (Å²) < 4.78 is 17.8. The summed E-state index contributed by atoms with van der Waals surface area (Å²) in [6.45, 7) is 0. The molecule has 0 bridgehead atoms. The Kier molecular flexibility index (Phi) is 4.55. The van der Waals surface area contributed by atoms with E-state index in [1.54, 1.807) is 0 Å². The number of hydrogen-bond acceptors (Lipinski definition) is 2. The van der Waals surface area contributed by atoms with Crippen LogP contribution in [-0.4, -0.2) is 9.13 Å². The molecule has 4 nitrogen and oxygen atoms in total. The van der Waals surface area contributed by atoms with Crippen molar-refractivity contribution in [1.29, 1.82) is 0 Å². The highest BCUT2D eigenvalue weighted by atomic mass is 16.5. The highest BCUT2D eigenvalue weighted by Gasteiger charge is 2.26. The summed E-state index contributed by atoms with van der Waals surface area (Å²) in [5, 5.41) is 7.15. The van der Waals surface area contributed by atoms with Crippen LogP contribution in [0.25, 0.3) is 88.1 Å². The van der Waals surface area contributed by atoms with Crippen LogP contribution in [0.15, 0.2) is 150 Å². The van der Waals surface area contributed by atoms with Gasteiger partial charge in [0.05, 0.1) is 33.1 Å². The van der Waals surface area contributed by atoms with Crippen LogP contribution in [0.4, 0.5) is 0 Å². The number of fused-ring (bicyclic) bond motifs is 12. The lowest BCUT2D eigenvalue weighted by molar-refractivity contribution is 0.478. The van der Waals surface area contributed by atoms with E-state index in [-0.39, 0.29) is 0 Å². The number of nitrogens with zero attached hydrogens (tertiary/aromatic N) is 2. The summed E-state index contributed by atoms with van der Waals surface area (Å²) in [7, 11) is 0. The van der Waals surface area contributed by atoms with E-state index in [0.717, 1.165) is 67.0 Å². The summed E-state index contributed by atoms with van der Waals surface area (Å²) >= 11 is 0. The van der Waals surface area contributed by atoms with Crippen molar-refractivity contribution >= 4 is 65.6 Å². The number of hydrogen-bond donors (Lipinski definition) is 0. The van der Waals surface area contributed by atoms with Crippen molar-refractivity contribution < 1.29 is 9.15 Å². The third kappa shape index (κ3) is 3.03. The molecule has 0 radical (unpaired) electrons. The molecule has 3 aromatic heterocycles. The molecule has 46 heavy (non-hydrogen) atoms. The monoisotopic (exact) mass is 588 g/mol. The number of aromatic nitrogens is 2. The van der Waals surface area contributed by atoms with Gasteiger partial charge in [-0.25, -0.2) is 0 Å². The zero-order chi connectivity index (χ0) is 29.9. The first-order chi connectivity index (χ1) is 22.8. The molecule has 0 spiro atoms. The van der Waals surface area contributed by atoms with E-state index in [4.69, 9.17) is 9.15 Å². The predicted octanol–water partition coefficient (Wildman–Crippen LogP) is 11.6. The van der Waals surface area contributed by atoms with Gasteiger partial charge < -0.3 is 18.3 Å². The van der Waals surface area contributed by atoms with Gasteiger partial charge >= 0.3 is 0 Å². The van der Waals surface area contributed by atoms with Crippen LogP contribution in [0.2, 0.25) is 0 Å². The van der Waals surface area contributed by atoms with Gasteiger partial charge in [-0.15, -0.1) is 0 Å². The van der Waals surface area contributed by atoms with E-state index in [2.05, 4.69) is 143 Å². The van der Waals surface area contributed by atoms with E-state index < -0.39 is 0 Å². The van der Waals surface area contributed by atoms with Crippen molar-refractivity contribution in [1.82, 2.24) is 9.13 Å². The average Bonchev–Trinajstić information content (AvgIpc) is 3.77. The molecule has 214 valence electrons. The van der Waals surface area contributed by atoms with Gasteiger partial charge in [0.25, 0.3) is 0 Å². The predicted molar refractivity (Wildman–Crippen MR) is 188 cm³/mol. The van der Waals surface area contributed by atoms with Crippen LogP contribution in [-0.2, 0) is 0 Å². The normalized spacial score (nSPS) is 12.5. The molecule has 0 amide bonds. The standard InChI is InChI=1S/C42H24N2O2/c1-4-14-33-29(10-1)31-23-24-37-39(32-11-3-6-17-36(32)45-37)41(31)43(33)26-21-19-25(20-22-26)27-12-7-16-35-42(27)46-38-18-8-13-30-28-9-2-5-15-34(28)44(35)40(30)38/h1-24H. The van der Waals surface area contributed by atoms with Gasteiger partial charge in [-0.1, -0.05) is 91.0 Å². The molecule has 1 aliphatic heterocycles. The first-order valence-electron chi connectivity index (χ1n) is 15.6. The molecule has 4 heterocycles. The van der Waals surface area contributed by atoms with Gasteiger partial charge in [-0.05, 0) is 60.2 Å². The molecule has 10 aromatic rings. The molecule has 0 atom stereocenters. The summed E-state index contributed by atoms with van der Waals surface area (Å²) in [5.74, 6) is 1.76. The first-order valence-corrected chi connectivity index (χ1v) is 15.6. The molecule has 0 saturated carbocycles. The van der Waals surface area contributed by atoms with Crippen LogP contribution in [0, 0.1) is 0 Å². The summed E-state index contributed by atoms with van der Waals surface area (Å²) in [6, 6.07) is 51.5. The minimum Gasteiger partial charge on any atom is -0.456 e. The molecule has 1 aliphatic rings. The number of benzene rings is 7. The molecule has 7 aromatic carbocycles. The number of rotatable bonds is 2. The highest BCUT2D eigenvalue weighted by molar-refractivity contribution is 6.24. The van der Waals surface area contributed by atoms with Crippen LogP contribution in [0.1, 0.15) is 0 Å². The van der Waals surface area contributed by atoms with Crippen LogP contribution >= 0.6 is 0 Å². The average molecular weight is 589 g/mol. The molecule has 0 aliphatic carbocycles. The smallest absolute Gasteiger partial charge is 0.159 e. The zero-order valence-corrected chi connectivity index (χ0v) is 24.6. The van der Waals surface area contributed by atoms with Gasteiger partial charge in [0.1, 0.15) is 11.2 Å². The Morgan fingerprint density at radius 3 is 1.93 bits per heavy atom. The number of para-hydroxylation sites is 5. The maximum atomic E-state index is 6.73. The van der Waals surface area contributed by atoms with E-state index >= 15 is 0 Å². The van der Waals surface area contributed by atoms with Gasteiger partial charge in [-0.2, -0.15) is 0 Å². The Bertz CT molecular complexity index is 2880. The zero-order valence-electron chi connectivity index (χ0n) is 24.6. The van der Waals surface area contributed by atoms with E-state index in [1.807, 2.05) is 12.1 Å². The number of ether oxygens (including phenoxy) is 1. The van der Waals surface area contributed by atoms with Crippen molar-refractivity contribution in [3.05, 3.63) is 146 Å². The van der Waals surface area contributed by atoms with Gasteiger partial charge in [0, 0.05) is 38.2 Å². The molecule has 0 unspecified atom stereocenters. The van der Waals surface area contributed by atoms with Crippen molar-refractivity contribution in [2.45, 2.75) is 0 Å². The fraction of sp³-hybridized carbons (Fsp3) is 0.